The number of amides is 1. The molecule has 146 valence electrons. The van der Waals surface area contributed by atoms with E-state index < -0.39 is 10.0 Å². The van der Waals surface area contributed by atoms with Crippen LogP contribution in [-0.4, -0.2) is 40.5 Å². The van der Waals surface area contributed by atoms with Crippen LogP contribution in [0.4, 0.5) is 5.13 Å². The minimum absolute atomic E-state index is 0.0870. The highest BCUT2D eigenvalue weighted by Gasteiger charge is 2.28. The molecular formula is C19H20N4O3S2. The summed E-state index contributed by atoms with van der Waals surface area (Å²) in [4.78, 5) is 17.9. The number of rotatable bonds is 5. The number of nitrogens with one attached hydrogen (secondary N) is 1. The molecule has 28 heavy (non-hydrogen) atoms. The average Bonchev–Trinajstić information content (AvgIpc) is 3.37. The van der Waals surface area contributed by atoms with Gasteiger partial charge in [-0.3, -0.25) is 10.1 Å². The van der Waals surface area contributed by atoms with Crippen molar-refractivity contribution >= 4 is 32.4 Å². The number of sulfonamides is 1. The van der Waals surface area contributed by atoms with Crippen LogP contribution in [0.5, 0.6) is 0 Å². The molecule has 4 rings (SSSR count). The molecule has 0 saturated carbocycles. The summed E-state index contributed by atoms with van der Waals surface area (Å²) in [7, 11) is -3.22. The summed E-state index contributed by atoms with van der Waals surface area (Å²) in [5.74, 6) is -0.146. The topological polar surface area (TPSA) is 84.3 Å². The fourth-order valence-electron chi connectivity index (χ4n) is 3.11. The molecule has 0 aliphatic carbocycles. The molecule has 9 heteroatoms. The molecule has 1 amide bonds. The largest absolute Gasteiger partial charge is 0.324 e. The molecule has 1 N–H and O–H groups in total. The lowest BCUT2D eigenvalue weighted by Gasteiger charge is -2.24. The lowest BCUT2D eigenvalue weighted by atomic mass is 10.2. The Morgan fingerprint density at radius 3 is 2.61 bits per heavy atom. The van der Waals surface area contributed by atoms with E-state index in [0.29, 0.717) is 30.2 Å². The van der Waals surface area contributed by atoms with E-state index in [1.54, 1.807) is 19.1 Å². The van der Waals surface area contributed by atoms with Crippen molar-refractivity contribution in [3.63, 3.8) is 0 Å². The van der Waals surface area contributed by atoms with Gasteiger partial charge in [0.1, 0.15) is 0 Å². The van der Waals surface area contributed by atoms with E-state index in [0.717, 1.165) is 16.3 Å². The zero-order valence-electron chi connectivity index (χ0n) is 15.3. The number of hydrogen-bond donors (Lipinski definition) is 1. The van der Waals surface area contributed by atoms with Gasteiger partial charge in [0.2, 0.25) is 10.0 Å². The molecule has 0 saturated heterocycles. The smallest absolute Gasteiger partial charge is 0.257 e. The molecule has 0 spiro atoms. The molecule has 2 aromatic heterocycles. The van der Waals surface area contributed by atoms with Crippen molar-refractivity contribution < 1.29 is 13.2 Å². The molecule has 3 heterocycles. The lowest BCUT2D eigenvalue weighted by molar-refractivity contribution is 0.102. The van der Waals surface area contributed by atoms with Gasteiger partial charge in [-0.1, -0.05) is 0 Å². The van der Waals surface area contributed by atoms with E-state index in [-0.39, 0.29) is 11.7 Å². The first-order chi connectivity index (χ1) is 13.5. The predicted molar refractivity (Wildman–Crippen MR) is 109 cm³/mol. The highest BCUT2D eigenvalue weighted by Crippen LogP contribution is 2.29. The third kappa shape index (κ3) is 3.73. The van der Waals surface area contributed by atoms with Gasteiger partial charge < -0.3 is 4.57 Å². The van der Waals surface area contributed by atoms with Crippen molar-refractivity contribution in [2.24, 2.45) is 0 Å². The standard InChI is InChI=1S/C19H20N4O3S2/c1-2-28(25,26)23-12-9-16-17(13-23)27-19(20-16)21-18(24)14-5-7-15(8-6-14)22-10-3-4-11-22/h3-8,10-11H,2,9,12-13H2,1H3,(H,20,21,24). The molecule has 7 nitrogen and oxygen atoms in total. The van der Waals surface area contributed by atoms with E-state index in [2.05, 4.69) is 10.3 Å². The van der Waals surface area contributed by atoms with Gasteiger partial charge in [-0.05, 0) is 43.3 Å². The van der Waals surface area contributed by atoms with Crippen molar-refractivity contribution in [2.45, 2.75) is 19.9 Å². The molecule has 1 aromatic carbocycles. The van der Waals surface area contributed by atoms with Crippen LogP contribution in [0.2, 0.25) is 0 Å². The number of carbonyl (C=O) groups is 1. The normalized spacial score (nSPS) is 14.6. The van der Waals surface area contributed by atoms with Crippen molar-refractivity contribution in [3.05, 3.63) is 64.9 Å². The summed E-state index contributed by atoms with van der Waals surface area (Å²) < 4.78 is 27.6. The van der Waals surface area contributed by atoms with Gasteiger partial charge in [-0.15, -0.1) is 11.3 Å². The molecular weight excluding hydrogens is 396 g/mol. The van der Waals surface area contributed by atoms with Crippen molar-refractivity contribution in [1.29, 1.82) is 0 Å². The third-order valence-electron chi connectivity index (χ3n) is 4.71. The minimum Gasteiger partial charge on any atom is -0.324 e. The molecule has 3 aromatic rings. The van der Waals surface area contributed by atoms with Crippen molar-refractivity contribution in [2.75, 3.05) is 17.6 Å². The highest BCUT2D eigenvalue weighted by molar-refractivity contribution is 7.89. The van der Waals surface area contributed by atoms with Gasteiger partial charge in [0.05, 0.1) is 11.4 Å². The first-order valence-electron chi connectivity index (χ1n) is 8.97. The van der Waals surface area contributed by atoms with Gasteiger partial charge in [0.25, 0.3) is 5.91 Å². The Kier molecular flexibility index (Phi) is 5.05. The number of fused-ring (bicyclic) bond motifs is 1. The first-order valence-corrected chi connectivity index (χ1v) is 11.4. The van der Waals surface area contributed by atoms with Gasteiger partial charge in [-0.25, -0.2) is 13.4 Å². The van der Waals surface area contributed by atoms with E-state index in [9.17, 15) is 13.2 Å². The van der Waals surface area contributed by atoms with Gasteiger partial charge >= 0.3 is 0 Å². The molecule has 0 unspecified atom stereocenters. The van der Waals surface area contributed by atoms with E-state index >= 15 is 0 Å². The Hall–Kier alpha value is -2.49. The summed E-state index contributed by atoms with van der Waals surface area (Å²) in [5, 5.41) is 3.33. The van der Waals surface area contributed by atoms with Crippen molar-refractivity contribution in [1.82, 2.24) is 13.9 Å². The van der Waals surface area contributed by atoms with Gasteiger partial charge in [0, 0.05) is 48.0 Å². The van der Waals surface area contributed by atoms with Crippen LogP contribution in [0.1, 0.15) is 27.9 Å². The van der Waals surface area contributed by atoms with Gasteiger partial charge in [0.15, 0.2) is 5.13 Å². The predicted octanol–water partition coefficient (Wildman–Crippen LogP) is 2.89. The Morgan fingerprint density at radius 1 is 1.21 bits per heavy atom. The Bertz CT molecular complexity index is 1090. The van der Waals surface area contributed by atoms with Crippen LogP contribution >= 0.6 is 11.3 Å². The Balaban J connectivity index is 1.46. The maximum absolute atomic E-state index is 12.5. The number of carbonyl (C=O) groups excluding carboxylic acids is 1. The number of aromatic nitrogens is 2. The van der Waals surface area contributed by atoms with E-state index in [1.807, 2.05) is 41.2 Å². The number of anilines is 1. The second-order valence-electron chi connectivity index (χ2n) is 6.46. The second-order valence-corrected chi connectivity index (χ2v) is 9.81. The first kappa shape index (κ1) is 18.9. The van der Waals surface area contributed by atoms with E-state index in [1.165, 1.54) is 15.6 Å². The second kappa shape index (κ2) is 7.50. The molecule has 1 aliphatic rings. The number of nitrogens with zero attached hydrogens (tertiary/aromatic N) is 3. The summed E-state index contributed by atoms with van der Waals surface area (Å²) >= 11 is 1.34. The molecule has 0 atom stereocenters. The molecule has 0 fully saturated rings. The SMILES string of the molecule is CCS(=O)(=O)N1CCc2nc(NC(=O)c3ccc(-n4cccc4)cc3)sc2C1. The Labute approximate surface area is 167 Å². The quantitative estimate of drug-likeness (QED) is 0.693. The maximum atomic E-state index is 12.5. The number of hydrogen-bond acceptors (Lipinski definition) is 5. The van der Waals surface area contributed by atoms with Crippen molar-refractivity contribution in [3.8, 4) is 5.69 Å². The summed E-state index contributed by atoms with van der Waals surface area (Å²) in [6, 6.07) is 11.2. The van der Waals surface area contributed by atoms with Crippen LogP contribution in [-0.2, 0) is 23.0 Å². The summed E-state index contributed by atoms with van der Waals surface area (Å²) in [6.07, 6.45) is 4.45. The average molecular weight is 417 g/mol. The minimum atomic E-state index is -3.22. The molecule has 1 aliphatic heterocycles. The molecule has 0 bridgehead atoms. The lowest BCUT2D eigenvalue weighted by Crippen LogP contribution is -2.36. The Morgan fingerprint density at radius 2 is 1.93 bits per heavy atom. The highest BCUT2D eigenvalue weighted by atomic mass is 32.2. The van der Waals surface area contributed by atoms with Crippen LogP contribution < -0.4 is 5.32 Å². The summed E-state index contributed by atoms with van der Waals surface area (Å²) in [5.41, 5.74) is 2.38. The van der Waals surface area contributed by atoms with E-state index in [4.69, 9.17) is 0 Å². The van der Waals surface area contributed by atoms with Crippen LogP contribution in [0, 0.1) is 0 Å². The van der Waals surface area contributed by atoms with Crippen LogP contribution in [0.25, 0.3) is 5.69 Å². The fourth-order valence-corrected chi connectivity index (χ4v) is 5.27. The summed E-state index contributed by atoms with van der Waals surface area (Å²) in [6.45, 7) is 2.40. The maximum Gasteiger partial charge on any atom is 0.257 e. The fraction of sp³-hybridized carbons (Fsp3) is 0.263. The van der Waals surface area contributed by atoms with Crippen LogP contribution in [0.15, 0.2) is 48.8 Å². The van der Waals surface area contributed by atoms with Gasteiger partial charge in [-0.2, -0.15) is 4.31 Å². The molecule has 0 radical (unpaired) electrons. The number of thiazole rings is 1. The third-order valence-corrected chi connectivity index (χ3v) is 7.53. The zero-order valence-corrected chi connectivity index (χ0v) is 17.0. The monoisotopic (exact) mass is 416 g/mol. The number of benzene rings is 1. The zero-order chi connectivity index (χ0) is 19.7. The van der Waals surface area contributed by atoms with Crippen LogP contribution in [0.3, 0.4) is 0 Å².